The molecule has 12 heteroatoms. The van der Waals surface area contributed by atoms with E-state index in [9.17, 15) is 31.1 Å². The third kappa shape index (κ3) is 5.67. The van der Waals surface area contributed by atoms with Gasteiger partial charge in [-0.1, -0.05) is 0 Å². The highest BCUT2D eigenvalue weighted by molar-refractivity contribution is 5.93. The van der Waals surface area contributed by atoms with E-state index in [1.165, 1.54) is 19.4 Å². The second-order valence-electron chi connectivity index (χ2n) is 7.64. The number of nitrogens with zero attached hydrogens (tertiary/aromatic N) is 5. The van der Waals surface area contributed by atoms with E-state index in [2.05, 4.69) is 14.9 Å². The highest BCUT2D eigenvalue weighted by atomic mass is 19.4. The molecule has 0 radical (unpaired) electrons. The molecule has 2 heterocycles. The second-order valence-corrected chi connectivity index (χ2v) is 7.64. The van der Waals surface area contributed by atoms with Crippen LogP contribution in [-0.4, -0.2) is 65.9 Å². The Kier molecular flexibility index (Phi) is 6.63. The summed E-state index contributed by atoms with van der Waals surface area (Å²) in [6.07, 6.45) is -7.31. The van der Waals surface area contributed by atoms with Crippen molar-refractivity contribution < 1.29 is 31.1 Å². The van der Waals surface area contributed by atoms with E-state index >= 15 is 0 Å². The van der Waals surface area contributed by atoms with Crippen LogP contribution < -0.4 is 4.90 Å². The number of halogens is 6. The zero-order valence-electron chi connectivity index (χ0n) is 17.3. The normalized spacial score (nSPS) is 15.7. The molecule has 1 saturated heterocycles. The molecular weight excluding hydrogens is 440 g/mol. The fourth-order valence-electron chi connectivity index (χ4n) is 3.28. The SMILES string of the molecule is CN1CCN(c2ncc(C(=O)N(C)Cc3cc(C(F)(F)F)cc(C(F)(F)F)c3)cn2)CC1. The number of piperazine rings is 1. The number of carbonyl (C=O) groups excluding carboxylic acids is 1. The van der Waals surface area contributed by atoms with Gasteiger partial charge in [-0.25, -0.2) is 9.97 Å². The van der Waals surface area contributed by atoms with Crippen molar-refractivity contribution in [3.05, 3.63) is 52.8 Å². The number of rotatable bonds is 4. The molecule has 1 aromatic carbocycles. The van der Waals surface area contributed by atoms with Crippen molar-refractivity contribution in [1.82, 2.24) is 19.8 Å². The molecule has 1 fully saturated rings. The largest absolute Gasteiger partial charge is 0.416 e. The summed E-state index contributed by atoms with van der Waals surface area (Å²) < 4.78 is 78.2. The van der Waals surface area contributed by atoms with Gasteiger partial charge < -0.3 is 14.7 Å². The Morgan fingerprint density at radius 3 is 1.91 bits per heavy atom. The summed E-state index contributed by atoms with van der Waals surface area (Å²) in [5.41, 5.74) is -3.07. The first-order valence-electron chi connectivity index (χ1n) is 9.64. The quantitative estimate of drug-likeness (QED) is 0.653. The Labute approximate surface area is 180 Å². The molecule has 6 nitrogen and oxygen atoms in total. The van der Waals surface area contributed by atoms with Crippen LogP contribution in [0.25, 0.3) is 0 Å². The van der Waals surface area contributed by atoms with Crippen molar-refractivity contribution in [2.45, 2.75) is 18.9 Å². The molecule has 0 unspecified atom stereocenters. The Morgan fingerprint density at radius 1 is 0.938 bits per heavy atom. The number of carbonyl (C=O) groups is 1. The highest BCUT2D eigenvalue weighted by Gasteiger charge is 2.37. The topological polar surface area (TPSA) is 52.6 Å². The van der Waals surface area contributed by atoms with Gasteiger partial charge in [0, 0.05) is 52.2 Å². The zero-order valence-corrected chi connectivity index (χ0v) is 17.3. The van der Waals surface area contributed by atoms with Crippen LogP contribution >= 0.6 is 0 Å². The van der Waals surface area contributed by atoms with Crippen LogP contribution in [-0.2, 0) is 18.9 Å². The van der Waals surface area contributed by atoms with E-state index < -0.39 is 35.9 Å². The number of hydrogen-bond acceptors (Lipinski definition) is 5. The van der Waals surface area contributed by atoms with E-state index in [4.69, 9.17) is 0 Å². The van der Waals surface area contributed by atoms with E-state index in [1.807, 2.05) is 11.9 Å². The van der Waals surface area contributed by atoms with Crippen molar-refractivity contribution >= 4 is 11.9 Å². The molecule has 0 atom stereocenters. The minimum Gasteiger partial charge on any atom is -0.338 e. The number of amides is 1. The summed E-state index contributed by atoms with van der Waals surface area (Å²) in [7, 11) is 3.28. The van der Waals surface area contributed by atoms with Crippen LogP contribution in [0.2, 0.25) is 0 Å². The van der Waals surface area contributed by atoms with Gasteiger partial charge in [-0.15, -0.1) is 0 Å². The second kappa shape index (κ2) is 8.93. The van der Waals surface area contributed by atoms with E-state index in [1.54, 1.807) is 0 Å². The predicted octanol–water partition coefficient (Wildman–Crippen LogP) is 3.54. The summed E-state index contributed by atoms with van der Waals surface area (Å²) in [4.78, 5) is 26.1. The Bertz CT molecular complexity index is 920. The van der Waals surface area contributed by atoms with Gasteiger partial charge in [-0.3, -0.25) is 4.79 Å². The number of likely N-dealkylation sites (N-methyl/N-ethyl adjacent to an activating group) is 1. The van der Waals surface area contributed by atoms with Crippen molar-refractivity contribution in [3.63, 3.8) is 0 Å². The molecule has 0 N–H and O–H groups in total. The molecule has 32 heavy (non-hydrogen) atoms. The standard InChI is InChI=1S/C20H21F6N5O/c1-29-3-5-31(6-4-29)18-27-10-14(11-28-18)17(32)30(2)12-13-7-15(19(21,22)23)9-16(8-13)20(24,25)26/h7-11H,3-6,12H2,1-2H3. The minimum atomic E-state index is -4.95. The first-order chi connectivity index (χ1) is 14.8. The minimum absolute atomic E-state index is 0.0518. The summed E-state index contributed by atoms with van der Waals surface area (Å²) >= 11 is 0. The van der Waals surface area contributed by atoms with Crippen molar-refractivity contribution in [2.24, 2.45) is 0 Å². The molecule has 3 rings (SSSR count). The molecule has 1 aromatic heterocycles. The molecule has 174 valence electrons. The highest BCUT2D eigenvalue weighted by Crippen LogP contribution is 2.36. The van der Waals surface area contributed by atoms with Crippen LogP contribution in [0.15, 0.2) is 30.6 Å². The Hall–Kier alpha value is -2.89. The van der Waals surface area contributed by atoms with Gasteiger partial charge in [0.15, 0.2) is 0 Å². The molecule has 2 aromatic rings. The van der Waals surface area contributed by atoms with Crippen LogP contribution in [0, 0.1) is 0 Å². The van der Waals surface area contributed by atoms with Gasteiger partial charge in [-0.2, -0.15) is 26.3 Å². The maximum atomic E-state index is 13.0. The van der Waals surface area contributed by atoms with Gasteiger partial charge in [-0.05, 0) is 30.8 Å². The molecule has 0 spiro atoms. The number of hydrogen-bond donors (Lipinski definition) is 0. The van der Waals surface area contributed by atoms with Crippen molar-refractivity contribution in [1.29, 1.82) is 0 Å². The lowest BCUT2D eigenvalue weighted by Crippen LogP contribution is -2.45. The van der Waals surface area contributed by atoms with Crippen LogP contribution in [0.1, 0.15) is 27.0 Å². The molecule has 0 bridgehead atoms. The summed E-state index contributed by atoms with van der Waals surface area (Å²) in [6.45, 7) is 2.67. The van der Waals surface area contributed by atoms with Gasteiger partial charge in [0.1, 0.15) is 0 Å². The van der Waals surface area contributed by atoms with Gasteiger partial charge >= 0.3 is 12.4 Å². The third-order valence-electron chi connectivity index (χ3n) is 5.09. The van der Waals surface area contributed by atoms with Crippen molar-refractivity contribution in [2.75, 3.05) is 45.2 Å². The lowest BCUT2D eigenvalue weighted by molar-refractivity contribution is -0.143. The molecule has 1 amide bonds. The fraction of sp³-hybridized carbons (Fsp3) is 0.450. The predicted molar refractivity (Wildman–Crippen MR) is 104 cm³/mol. The molecule has 0 saturated carbocycles. The van der Waals surface area contributed by atoms with E-state index in [0.717, 1.165) is 31.1 Å². The third-order valence-corrected chi connectivity index (χ3v) is 5.09. The van der Waals surface area contributed by atoms with Crippen LogP contribution in [0.3, 0.4) is 0 Å². The summed E-state index contributed by atoms with van der Waals surface area (Å²) in [5, 5.41) is 0. The Morgan fingerprint density at radius 2 is 1.44 bits per heavy atom. The van der Waals surface area contributed by atoms with E-state index in [-0.39, 0.29) is 17.2 Å². The Balaban J connectivity index is 1.75. The molecular formula is C20H21F6N5O. The zero-order chi connectivity index (χ0) is 23.7. The van der Waals surface area contributed by atoms with Gasteiger partial charge in [0.2, 0.25) is 5.95 Å². The average molecular weight is 461 g/mol. The van der Waals surface area contributed by atoms with Crippen molar-refractivity contribution in [3.8, 4) is 0 Å². The lowest BCUT2D eigenvalue weighted by atomic mass is 10.0. The summed E-state index contributed by atoms with van der Waals surface area (Å²) in [6, 6.07) is 1.26. The maximum Gasteiger partial charge on any atom is 0.416 e. The number of benzene rings is 1. The van der Waals surface area contributed by atoms with E-state index in [0.29, 0.717) is 18.1 Å². The first-order valence-corrected chi connectivity index (χ1v) is 9.64. The first kappa shape index (κ1) is 23.8. The van der Waals surface area contributed by atoms with Crippen LogP contribution in [0.4, 0.5) is 32.3 Å². The van der Waals surface area contributed by atoms with Gasteiger partial charge in [0.25, 0.3) is 5.91 Å². The summed E-state index contributed by atoms with van der Waals surface area (Å²) in [5.74, 6) is -0.175. The molecule has 1 aliphatic rings. The maximum absolute atomic E-state index is 13.0. The number of alkyl halides is 6. The monoisotopic (exact) mass is 461 g/mol. The lowest BCUT2D eigenvalue weighted by Gasteiger charge is -2.32. The van der Waals surface area contributed by atoms with Crippen LogP contribution in [0.5, 0.6) is 0 Å². The number of aromatic nitrogens is 2. The number of anilines is 1. The molecule has 0 aliphatic carbocycles. The molecule has 1 aliphatic heterocycles. The van der Waals surface area contributed by atoms with Gasteiger partial charge in [0.05, 0.1) is 16.7 Å². The smallest absolute Gasteiger partial charge is 0.338 e. The average Bonchev–Trinajstić information content (AvgIpc) is 2.72. The fourth-order valence-corrected chi connectivity index (χ4v) is 3.28.